The van der Waals surface area contributed by atoms with Crippen LogP contribution in [0.15, 0.2) is 54.6 Å². The number of hydrogen-bond donors (Lipinski definition) is 2. The van der Waals surface area contributed by atoms with E-state index in [4.69, 9.17) is 18.0 Å². The topological polar surface area (TPSA) is 55.1 Å². The first-order valence-electron chi connectivity index (χ1n) is 6.86. The number of rotatable bonds is 5. The SMILES string of the molecule is CCc1ccc(C(=O)NC(C(N)=S)c2ccccc2)cc1. The molecule has 0 heterocycles. The molecular weight excluding hydrogens is 280 g/mol. The van der Waals surface area contributed by atoms with Crippen molar-refractivity contribution >= 4 is 23.1 Å². The maximum atomic E-state index is 12.3. The highest BCUT2D eigenvalue weighted by atomic mass is 32.1. The van der Waals surface area contributed by atoms with Gasteiger partial charge in [0, 0.05) is 5.56 Å². The molecule has 2 aromatic carbocycles. The van der Waals surface area contributed by atoms with Crippen LogP contribution in [0.3, 0.4) is 0 Å². The summed E-state index contributed by atoms with van der Waals surface area (Å²) >= 11 is 5.07. The first kappa shape index (κ1) is 15.2. The normalized spacial score (nSPS) is 11.7. The number of thiocarbonyl (C=S) groups is 1. The standard InChI is InChI=1S/C17H18N2OS/c1-2-12-8-10-14(11-9-12)17(20)19-15(16(18)21)13-6-4-3-5-7-13/h3-11,15H,2H2,1H3,(H2,18,21)(H,19,20). The average molecular weight is 298 g/mol. The van der Waals surface area contributed by atoms with E-state index in [1.807, 2.05) is 54.6 Å². The van der Waals surface area contributed by atoms with Crippen molar-refractivity contribution in [1.29, 1.82) is 0 Å². The van der Waals surface area contributed by atoms with Gasteiger partial charge in [-0.1, -0.05) is 61.6 Å². The summed E-state index contributed by atoms with van der Waals surface area (Å²) in [7, 11) is 0. The van der Waals surface area contributed by atoms with Crippen LogP contribution in [0.4, 0.5) is 0 Å². The molecule has 1 unspecified atom stereocenters. The second-order valence-electron chi connectivity index (χ2n) is 4.77. The first-order valence-corrected chi connectivity index (χ1v) is 7.26. The van der Waals surface area contributed by atoms with Crippen molar-refractivity contribution in [3.63, 3.8) is 0 Å². The molecule has 0 aliphatic carbocycles. The van der Waals surface area contributed by atoms with Gasteiger partial charge in [0.1, 0.15) is 11.0 Å². The fourth-order valence-electron chi connectivity index (χ4n) is 2.07. The Bertz CT molecular complexity index is 623. The number of nitrogens with one attached hydrogen (secondary N) is 1. The fourth-order valence-corrected chi connectivity index (χ4v) is 2.27. The highest BCUT2D eigenvalue weighted by Gasteiger charge is 2.17. The highest BCUT2D eigenvalue weighted by Crippen LogP contribution is 2.14. The molecule has 0 aliphatic heterocycles. The smallest absolute Gasteiger partial charge is 0.252 e. The Labute approximate surface area is 130 Å². The van der Waals surface area contributed by atoms with Gasteiger partial charge in [0.25, 0.3) is 5.91 Å². The largest absolute Gasteiger partial charge is 0.391 e. The molecule has 4 heteroatoms. The van der Waals surface area contributed by atoms with Crippen LogP contribution in [-0.4, -0.2) is 10.9 Å². The predicted molar refractivity (Wildman–Crippen MR) is 89.3 cm³/mol. The molecule has 0 radical (unpaired) electrons. The number of benzene rings is 2. The Morgan fingerprint density at radius 3 is 2.29 bits per heavy atom. The van der Waals surface area contributed by atoms with Gasteiger partial charge in [-0.2, -0.15) is 0 Å². The summed E-state index contributed by atoms with van der Waals surface area (Å²) in [6.45, 7) is 2.08. The monoisotopic (exact) mass is 298 g/mol. The van der Waals surface area contributed by atoms with E-state index in [0.717, 1.165) is 12.0 Å². The number of hydrogen-bond acceptors (Lipinski definition) is 2. The molecule has 3 N–H and O–H groups in total. The van der Waals surface area contributed by atoms with E-state index < -0.39 is 6.04 Å². The maximum absolute atomic E-state index is 12.3. The molecule has 3 nitrogen and oxygen atoms in total. The lowest BCUT2D eigenvalue weighted by molar-refractivity contribution is 0.0947. The van der Waals surface area contributed by atoms with Crippen molar-refractivity contribution in [1.82, 2.24) is 5.32 Å². The summed E-state index contributed by atoms with van der Waals surface area (Å²) in [6.07, 6.45) is 0.946. The quantitative estimate of drug-likeness (QED) is 0.834. The molecule has 0 fully saturated rings. The second-order valence-corrected chi connectivity index (χ2v) is 5.24. The molecule has 0 saturated carbocycles. The molecule has 2 aromatic rings. The number of nitrogens with two attached hydrogens (primary N) is 1. The Hall–Kier alpha value is -2.20. The molecular formula is C17H18N2OS. The zero-order valence-corrected chi connectivity index (χ0v) is 12.7. The number of carbonyl (C=O) groups is 1. The second kappa shape index (κ2) is 6.99. The summed E-state index contributed by atoms with van der Waals surface area (Å²) in [5.41, 5.74) is 8.43. The third-order valence-corrected chi connectivity index (χ3v) is 3.55. The van der Waals surface area contributed by atoms with Crippen LogP contribution in [0.2, 0.25) is 0 Å². The summed E-state index contributed by atoms with van der Waals surface area (Å²) in [4.78, 5) is 12.6. The zero-order chi connectivity index (χ0) is 15.2. The molecule has 1 atom stereocenters. The number of aryl methyl sites for hydroxylation is 1. The molecule has 0 aliphatic rings. The van der Waals surface area contributed by atoms with E-state index in [-0.39, 0.29) is 10.9 Å². The third-order valence-electron chi connectivity index (χ3n) is 3.32. The Balaban J connectivity index is 2.16. The van der Waals surface area contributed by atoms with Crippen LogP contribution in [0.5, 0.6) is 0 Å². The maximum Gasteiger partial charge on any atom is 0.252 e. The Kier molecular flexibility index (Phi) is 5.06. The van der Waals surface area contributed by atoms with Crippen molar-refractivity contribution in [3.05, 3.63) is 71.3 Å². The van der Waals surface area contributed by atoms with Crippen molar-refractivity contribution in [2.75, 3.05) is 0 Å². The lowest BCUT2D eigenvalue weighted by atomic mass is 10.1. The van der Waals surface area contributed by atoms with Gasteiger partial charge in [-0.25, -0.2) is 0 Å². The minimum absolute atomic E-state index is 0.181. The molecule has 0 aromatic heterocycles. The Morgan fingerprint density at radius 1 is 1.14 bits per heavy atom. The highest BCUT2D eigenvalue weighted by molar-refractivity contribution is 7.80. The van der Waals surface area contributed by atoms with E-state index in [2.05, 4.69) is 12.2 Å². The molecule has 2 rings (SSSR count). The minimum Gasteiger partial charge on any atom is -0.391 e. The van der Waals surface area contributed by atoms with E-state index in [1.54, 1.807) is 0 Å². The van der Waals surface area contributed by atoms with Gasteiger partial charge in [-0.05, 0) is 29.7 Å². The van der Waals surface area contributed by atoms with E-state index >= 15 is 0 Å². The van der Waals surface area contributed by atoms with Crippen LogP contribution in [0, 0.1) is 0 Å². The van der Waals surface area contributed by atoms with E-state index in [0.29, 0.717) is 5.56 Å². The average Bonchev–Trinajstić information content (AvgIpc) is 2.53. The van der Waals surface area contributed by atoms with E-state index in [9.17, 15) is 4.79 Å². The van der Waals surface area contributed by atoms with Gasteiger partial charge in [-0.3, -0.25) is 4.79 Å². The molecule has 108 valence electrons. The van der Waals surface area contributed by atoms with Crippen LogP contribution in [-0.2, 0) is 6.42 Å². The van der Waals surface area contributed by atoms with Crippen LogP contribution >= 0.6 is 12.2 Å². The van der Waals surface area contributed by atoms with Gasteiger partial charge in [0.15, 0.2) is 0 Å². The van der Waals surface area contributed by atoms with Crippen molar-refractivity contribution in [2.24, 2.45) is 5.73 Å². The molecule has 0 bridgehead atoms. The van der Waals surface area contributed by atoms with Gasteiger partial charge in [0.2, 0.25) is 0 Å². The van der Waals surface area contributed by atoms with E-state index in [1.165, 1.54) is 5.56 Å². The summed E-state index contributed by atoms with van der Waals surface area (Å²) < 4.78 is 0. The van der Waals surface area contributed by atoms with Crippen LogP contribution in [0.1, 0.15) is 34.5 Å². The Morgan fingerprint density at radius 2 is 1.76 bits per heavy atom. The lowest BCUT2D eigenvalue weighted by Crippen LogP contribution is -2.36. The van der Waals surface area contributed by atoms with Crippen LogP contribution in [0.25, 0.3) is 0 Å². The first-order chi connectivity index (χ1) is 10.1. The molecule has 1 amide bonds. The zero-order valence-electron chi connectivity index (χ0n) is 11.9. The number of carbonyl (C=O) groups excluding carboxylic acids is 1. The molecule has 0 saturated heterocycles. The van der Waals surface area contributed by atoms with Gasteiger partial charge >= 0.3 is 0 Å². The van der Waals surface area contributed by atoms with Crippen molar-refractivity contribution < 1.29 is 4.79 Å². The van der Waals surface area contributed by atoms with Gasteiger partial charge < -0.3 is 11.1 Å². The minimum atomic E-state index is -0.459. The fraction of sp³-hybridized carbons (Fsp3) is 0.176. The van der Waals surface area contributed by atoms with Crippen molar-refractivity contribution in [3.8, 4) is 0 Å². The summed E-state index contributed by atoms with van der Waals surface area (Å²) in [5.74, 6) is -0.181. The van der Waals surface area contributed by atoms with Crippen LogP contribution < -0.4 is 11.1 Å². The lowest BCUT2D eigenvalue weighted by Gasteiger charge is -2.18. The predicted octanol–water partition coefficient (Wildman–Crippen LogP) is 3.01. The van der Waals surface area contributed by atoms with Gasteiger partial charge in [-0.15, -0.1) is 0 Å². The van der Waals surface area contributed by atoms with Gasteiger partial charge in [0.05, 0.1) is 0 Å². The third kappa shape index (κ3) is 3.89. The summed E-state index contributed by atoms with van der Waals surface area (Å²) in [5, 5.41) is 2.88. The molecule has 21 heavy (non-hydrogen) atoms. The molecule has 0 spiro atoms. The van der Waals surface area contributed by atoms with Crippen molar-refractivity contribution in [2.45, 2.75) is 19.4 Å². The number of amides is 1. The summed E-state index contributed by atoms with van der Waals surface area (Å²) in [6, 6.07) is 16.6.